The van der Waals surface area contributed by atoms with E-state index in [0.717, 1.165) is 5.56 Å². The van der Waals surface area contributed by atoms with Gasteiger partial charge >= 0.3 is 6.18 Å². The number of benzene rings is 1. The largest absolute Gasteiger partial charge is 0.494 e. The molecular weight excluding hydrogens is 315 g/mol. The summed E-state index contributed by atoms with van der Waals surface area (Å²) in [6.45, 7) is 5.51. The summed E-state index contributed by atoms with van der Waals surface area (Å²) in [6, 6.07) is 6.72. The summed E-state index contributed by atoms with van der Waals surface area (Å²) < 4.78 is 56.5. The monoisotopic (exact) mass is 335 g/mol. The number of ether oxygens (including phenoxy) is 1. The average Bonchev–Trinajstić information content (AvgIpc) is 2.40. The van der Waals surface area contributed by atoms with E-state index in [4.69, 9.17) is 4.74 Å². The molecule has 0 aliphatic rings. The molecule has 0 aliphatic carbocycles. The first-order chi connectivity index (χ1) is 10.1. The smallest absolute Gasteiger partial charge is 0.389 e. The highest BCUT2D eigenvalue weighted by Crippen LogP contribution is 2.21. The molecule has 0 saturated carbocycles. The fourth-order valence-electron chi connectivity index (χ4n) is 1.38. The number of hydrogen-bond donors (Lipinski definition) is 0. The first-order valence-corrected chi connectivity index (χ1v) is 7.94. The lowest BCUT2D eigenvalue weighted by molar-refractivity contribution is -0.136. The van der Waals surface area contributed by atoms with E-state index in [9.17, 15) is 17.4 Å². The van der Waals surface area contributed by atoms with Gasteiger partial charge in [-0.05, 0) is 57.0 Å². The van der Waals surface area contributed by atoms with Crippen LogP contribution in [0.3, 0.4) is 0 Å². The molecule has 0 spiro atoms. The summed E-state index contributed by atoms with van der Waals surface area (Å²) >= 11 is 0. The second-order valence-electron chi connectivity index (χ2n) is 5.73. The summed E-state index contributed by atoms with van der Waals surface area (Å²) in [5.74, 6) is 0.497. The van der Waals surface area contributed by atoms with Crippen LogP contribution in [0.4, 0.5) is 13.2 Å². The van der Waals surface area contributed by atoms with Gasteiger partial charge in [-0.2, -0.15) is 17.6 Å². The molecule has 1 rings (SSSR count). The predicted octanol–water partition coefficient (Wildman–Crippen LogP) is 4.29. The third kappa shape index (κ3) is 7.59. The number of halogens is 3. The first kappa shape index (κ1) is 18.7. The Morgan fingerprint density at radius 1 is 1.18 bits per heavy atom. The van der Waals surface area contributed by atoms with Gasteiger partial charge in [0.05, 0.1) is 11.4 Å². The van der Waals surface area contributed by atoms with E-state index >= 15 is 0 Å². The van der Waals surface area contributed by atoms with E-state index in [2.05, 4.69) is 4.40 Å². The molecule has 1 aromatic rings. The Hall–Kier alpha value is -1.37. The van der Waals surface area contributed by atoms with Gasteiger partial charge in [0.25, 0.3) is 0 Å². The van der Waals surface area contributed by atoms with Gasteiger partial charge in [0, 0.05) is 12.6 Å². The Morgan fingerprint density at radius 3 is 2.27 bits per heavy atom. The van der Waals surface area contributed by atoms with Crippen molar-refractivity contribution in [1.82, 2.24) is 0 Å². The standard InChI is InChI=1S/C15H20F3NO2S/c1-14(2,3)22(20)19-11-12-5-7-13(8-6-12)21-10-4-9-15(16,17)18/h5-8,11H,4,9-10H2,1-3H3/b19-11+/t22-/m1/s1. The molecule has 0 amide bonds. The van der Waals surface area contributed by atoms with Crippen molar-refractivity contribution in [3.8, 4) is 5.75 Å². The zero-order valence-corrected chi connectivity index (χ0v) is 13.6. The molecule has 0 aliphatic heterocycles. The Balaban J connectivity index is 2.47. The number of nitrogens with zero attached hydrogens (tertiary/aromatic N) is 1. The van der Waals surface area contributed by atoms with Gasteiger partial charge in [0.1, 0.15) is 16.7 Å². The number of rotatable bonds is 6. The van der Waals surface area contributed by atoms with Crippen LogP contribution in [0.2, 0.25) is 0 Å². The molecule has 0 bridgehead atoms. The third-order valence-electron chi connectivity index (χ3n) is 2.57. The van der Waals surface area contributed by atoms with Crippen LogP contribution >= 0.6 is 0 Å². The average molecular weight is 335 g/mol. The normalized spacial score (nSPS) is 14.3. The molecule has 0 unspecified atom stereocenters. The molecule has 7 heteroatoms. The van der Waals surface area contributed by atoms with Gasteiger partial charge in [0.15, 0.2) is 0 Å². The maximum atomic E-state index is 12.0. The fourth-order valence-corrected chi connectivity index (χ4v) is 1.91. The molecule has 0 aromatic heterocycles. The Kier molecular flexibility index (Phi) is 6.59. The molecular formula is C15H20F3NO2S. The summed E-state index contributed by atoms with van der Waals surface area (Å²) in [4.78, 5) is 0. The molecule has 124 valence electrons. The summed E-state index contributed by atoms with van der Waals surface area (Å²) in [7, 11) is -1.33. The lowest BCUT2D eigenvalue weighted by atomic mass is 10.2. The van der Waals surface area contributed by atoms with Gasteiger partial charge in [-0.3, -0.25) is 0 Å². The summed E-state index contributed by atoms with van der Waals surface area (Å²) in [5, 5.41) is 0. The molecule has 0 saturated heterocycles. The second-order valence-corrected chi connectivity index (χ2v) is 7.67. The van der Waals surface area contributed by atoms with E-state index in [-0.39, 0.29) is 13.0 Å². The molecule has 1 atom stereocenters. The van der Waals surface area contributed by atoms with Gasteiger partial charge in [-0.15, -0.1) is 0 Å². The van der Waals surface area contributed by atoms with Crippen molar-refractivity contribution in [1.29, 1.82) is 0 Å². The Labute approximate surface area is 131 Å². The topological polar surface area (TPSA) is 38.7 Å². The van der Waals surface area contributed by atoms with Crippen LogP contribution < -0.4 is 4.74 Å². The molecule has 3 nitrogen and oxygen atoms in total. The van der Waals surface area contributed by atoms with Crippen LogP contribution in [0, 0.1) is 0 Å². The minimum Gasteiger partial charge on any atom is -0.494 e. The molecule has 0 heterocycles. The SMILES string of the molecule is CC(C)(C)[S@@](=O)/N=C/c1ccc(OCCCC(F)(F)F)cc1. The van der Waals surface area contributed by atoms with Crippen molar-refractivity contribution in [2.75, 3.05) is 6.61 Å². The van der Waals surface area contributed by atoms with E-state index in [1.54, 1.807) is 24.3 Å². The second kappa shape index (κ2) is 7.76. The van der Waals surface area contributed by atoms with E-state index in [0.29, 0.717) is 5.75 Å². The minimum atomic E-state index is -4.15. The molecule has 0 radical (unpaired) electrons. The molecule has 1 aromatic carbocycles. The number of alkyl halides is 3. The van der Waals surface area contributed by atoms with Gasteiger partial charge in [-0.1, -0.05) is 0 Å². The highest BCUT2D eigenvalue weighted by molar-refractivity contribution is 7.85. The van der Waals surface area contributed by atoms with Crippen molar-refractivity contribution in [2.24, 2.45) is 4.40 Å². The predicted molar refractivity (Wildman–Crippen MR) is 82.7 cm³/mol. The lowest BCUT2D eigenvalue weighted by Crippen LogP contribution is -2.19. The zero-order chi connectivity index (χ0) is 16.8. The third-order valence-corrected chi connectivity index (χ3v) is 3.92. The van der Waals surface area contributed by atoms with E-state index in [1.807, 2.05) is 20.8 Å². The summed E-state index contributed by atoms with van der Waals surface area (Å²) in [5.41, 5.74) is 0.750. The maximum absolute atomic E-state index is 12.0. The fraction of sp³-hybridized carbons (Fsp3) is 0.533. The van der Waals surface area contributed by atoms with Crippen LogP contribution in [0.25, 0.3) is 0 Å². The highest BCUT2D eigenvalue weighted by atomic mass is 32.2. The Bertz CT molecular complexity index is 519. The van der Waals surface area contributed by atoms with Gasteiger partial charge in [0.2, 0.25) is 0 Å². The van der Waals surface area contributed by atoms with Crippen LogP contribution in [0.1, 0.15) is 39.2 Å². The van der Waals surface area contributed by atoms with Crippen molar-refractivity contribution in [3.05, 3.63) is 29.8 Å². The van der Waals surface area contributed by atoms with Crippen LogP contribution in [0.5, 0.6) is 5.75 Å². The van der Waals surface area contributed by atoms with Crippen LogP contribution in [-0.2, 0) is 11.0 Å². The van der Waals surface area contributed by atoms with Crippen molar-refractivity contribution in [2.45, 2.75) is 44.5 Å². The quantitative estimate of drug-likeness (QED) is 0.575. The van der Waals surface area contributed by atoms with Gasteiger partial charge in [-0.25, -0.2) is 4.21 Å². The van der Waals surface area contributed by atoms with Crippen molar-refractivity contribution < 1.29 is 22.1 Å². The van der Waals surface area contributed by atoms with Crippen molar-refractivity contribution >= 4 is 17.2 Å². The Morgan fingerprint density at radius 2 is 1.77 bits per heavy atom. The van der Waals surface area contributed by atoms with Crippen LogP contribution in [-0.4, -0.2) is 28.0 Å². The van der Waals surface area contributed by atoms with Gasteiger partial charge < -0.3 is 4.74 Å². The van der Waals surface area contributed by atoms with Crippen molar-refractivity contribution in [3.63, 3.8) is 0 Å². The summed E-state index contributed by atoms with van der Waals surface area (Å²) in [6.07, 6.45) is -3.56. The minimum absolute atomic E-state index is 0.0149. The first-order valence-electron chi connectivity index (χ1n) is 6.83. The molecule has 0 N–H and O–H groups in total. The maximum Gasteiger partial charge on any atom is 0.389 e. The van der Waals surface area contributed by atoms with E-state index < -0.39 is 28.3 Å². The number of hydrogen-bond acceptors (Lipinski definition) is 2. The highest BCUT2D eigenvalue weighted by Gasteiger charge is 2.26. The lowest BCUT2D eigenvalue weighted by Gasteiger charge is -2.12. The molecule has 0 fully saturated rings. The van der Waals surface area contributed by atoms with E-state index in [1.165, 1.54) is 6.21 Å². The zero-order valence-electron chi connectivity index (χ0n) is 12.8. The van der Waals surface area contributed by atoms with Crippen LogP contribution in [0.15, 0.2) is 28.7 Å². The molecule has 22 heavy (non-hydrogen) atoms.